The Morgan fingerprint density at radius 3 is 2.65 bits per heavy atom. The third-order valence-electron chi connectivity index (χ3n) is 6.06. The van der Waals surface area contributed by atoms with Crippen molar-refractivity contribution < 1.29 is 18.3 Å². The normalized spacial score (nSPS) is 20.9. The van der Waals surface area contributed by atoms with Crippen LogP contribution in [0.25, 0.3) is 0 Å². The van der Waals surface area contributed by atoms with Gasteiger partial charge in [-0.25, -0.2) is 8.42 Å². The molecule has 0 aliphatic carbocycles. The Labute approximate surface area is 204 Å². The van der Waals surface area contributed by atoms with Crippen molar-refractivity contribution >= 4 is 10.0 Å². The van der Waals surface area contributed by atoms with Gasteiger partial charge in [0.2, 0.25) is 10.0 Å². The van der Waals surface area contributed by atoms with Crippen LogP contribution < -0.4 is 4.74 Å². The average Bonchev–Trinajstić information content (AvgIpc) is 2.81. The summed E-state index contributed by atoms with van der Waals surface area (Å²) >= 11 is 0. The number of rotatable bonds is 7. The van der Waals surface area contributed by atoms with Crippen LogP contribution in [0.4, 0.5) is 0 Å². The van der Waals surface area contributed by atoms with Gasteiger partial charge >= 0.3 is 0 Å². The molecule has 0 amide bonds. The highest BCUT2D eigenvalue weighted by Crippen LogP contribution is 2.34. The zero-order chi connectivity index (χ0) is 24.7. The molecule has 3 atom stereocenters. The number of sulfonamides is 1. The predicted octanol–water partition coefficient (Wildman–Crippen LogP) is 3.74. The molecule has 0 saturated carbocycles. The number of aliphatic hydroxyl groups excluding tert-OH is 1. The molecule has 184 valence electrons. The first kappa shape index (κ1) is 26.2. The summed E-state index contributed by atoms with van der Waals surface area (Å²) in [5.74, 6) is 6.46. The second kappa shape index (κ2) is 11.9. The van der Waals surface area contributed by atoms with E-state index in [1.165, 1.54) is 9.87 Å². The van der Waals surface area contributed by atoms with Gasteiger partial charge in [-0.1, -0.05) is 56.0 Å². The van der Waals surface area contributed by atoms with Gasteiger partial charge in [-0.3, -0.25) is 4.90 Å². The van der Waals surface area contributed by atoms with Crippen molar-refractivity contribution in [3.05, 3.63) is 59.7 Å². The van der Waals surface area contributed by atoms with Crippen LogP contribution in [0.3, 0.4) is 0 Å². The number of nitrogens with zero attached hydrogens (tertiary/aromatic N) is 2. The molecule has 1 aliphatic rings. The van der Waals surface area contributed by atoms with E-state index in [9.17, 15) is 13.5 Å². The predicted molar refractivity (Wildman–Crippen MR) is 135 cm³/mol. The number of unbranched alkanes of at least 4 members (excludes halogenated alkanes) is 1. The number of likely N-dealkylation sites (N-methyl/N-ethyl adjacent to an activating group) is 1. The maximum atomic E-state index is 13.6. The summed E-state index contributed by atoms with van der Waals surface area (Å²) in [6.07, 6.45) is 1.50. The molecule has 2 aromatic rings. The lowest BCUT2D eigenvalue weighted by molar-refractivity contribution is 0.0733. The molecule has 0 aromatic heterocycles. The largest absolute Gasteiger partial charge is 0.487 e. The third-order valence-corrected chi connectivity index (χ3v) is 8.08. The lowest BCUT2D eigenvalue weighted by Crippen LogP contribution is -2.49. The van der Waals surface area contributed by atoms with Crippen LogP contribution >= 0.6 is 0 Å². The van der Waals surface area contributed by atoms with Gasteiger partial charge in [-0.2, -0.15) is 4.31 Å². The maximum absolute atomic E-state index is 13.6. The zero-order valence-corrected chi connectivity index (χ0v) is 21.4. The Kier molecular flexibility index (Phi) is 9.15. The van der Waals surface area contributed by atoms with Crippen molar-refractivity contribution in [1.29, 1.82) is 0 Å². The van der Waals surface area contributed by atoms with E-state index in [4.69, 9.17) is 4.74 Å². The van der Waals surface area contributed by atoms with Gasteiger partial charge in [0.15, 0.2) is 0 Å². The fourth-order valence-corrected chi connectivity index (χ4v) is 5.90. The molecule has 0 unspecified atom stereocenters. The molecular weight excluding hydrogens is 448 g/mol. The van der Waals surface area contributed by atoms with Gasteiger partial charge in [-0.15, -0.1) is 0 Å². The van der Waals surface area contributed by atoms with Crippen molar-refractivity contribution in [2.45, 2.75) is 57.2 Å². The van der Waals surface area contributed by atoms with Crippen molar-refractivity contribution in [3.63, 3.8) is 0 Å². The van der Waals surface area contributed by atoms with E-state index in [1.54, 1.807) is 25.1 Å². The van der Waals surface area contributed by atoms with Gasteiger partial charge in [0, 0.05) is 43.6 Å². The molecular formula is C27H36N2O4S. The minimum Gasteiger partial charge on any atom is -0.487 e. The molecule has 1 N–H and O–H groups in total. The van der Waals surface area contributed by atoms with Gasteiger partial charge < -0.3 is 9.84 Å². The van der Waals surface area contributed by atoms with Crippen molar-refractivity contribution in [1.82, 2.24) is 9.21 Å². The van der Waals surface area contributed by atoms with Crippen LogP contribution in [-0.2, 0) is 16.6 Å². The highest BCUT2D eigenvalue weighted by atomic mass is 32.2. The minimum absolute atomic E-state index is 0.0926. The van der Waals surface area contributed by atoms with Crippen LogP contribution in [-0.4, -0.2) is 61.6 Å². The molecule has 6 nitrogen and oxygen atoms in total. The summed E-state index contributed by atoms with van der Waals surface area (Å²) in [4.78, 5) is 2.31. The van der Waals surface area contributed by atoms with Crippen molar-refractivity contribution in [2.24, 2.45) is 5.92 Å². The van der Waals surface area contributed by atoms with E-state index in [0.29, 0.717) is 12.3 Å². The summed E-state index contributed by atoms with van der Waals surface area (Å²) in [5, 5.41) is 9.79. The number of ether oxygens (including phenoxy) is 1. The third kappa shape index (κ3) is 6.39. The quantitative estimate of drug-likeness (QED) is 0.607. The van der Waals surface area contributed by atoms with Gasteiger partial charge in [0.1, 0.15) is 16.7 Å². The fourth-order valence-electron chi connectivity index (χ4n) is 4.08. The summed E-state index contributed by atoms with van der Waals surface area (Å²) in [6.45, 7) is 7.21. The second-order valence-electron chi connectivity index (χ2n) is 9.14. The summed E-state index contributed by atoms with van der Waals surface area (Å²) in [7, 11) is -1.80. The molecule has 1 heterocycles. The van der Waals surface area contributed by atoms with Gasteiger partial charge in [0.05, 0.1) is 6.61 Å². The molecule has 1 aliphatic heterocycles. The second-order valence-corrected chi connectivity index (χ2v) is 11.0. The standard InChI is InChI=1S/C27H36N2O4S/c1-5-6-8-11-23-14-15-27-25(16-23)33-26(19-28(4)18-24-12-9-7-10-13-24)21(2)17-29(22(3)20-30)34(27,31)32/h7,9-10,12-16,21-22,26,30H,5-6,17-20H2,1-4H3/t21-,22+,26-/m0/s1. The molecule has 34 heavy (non-hydrogen) atoms. The molecule has 0 radical (unpaired) electrons. The Morgan fingerprint density at radius 1 is 1.24 bits per heavy atom. The molecule has 0 spiro atoms. The highest BCUT2D eigenvalue weighted by molar-refractivity contribution is 7.89. The van der Waals surface area contributed by atoms with Gasteiger partial charge in [0.25, 0.3) is 0 Å². The van der Waals surface area contributed by atoms with Crippen molar-refractivity contribution in [3.8, 4) is 17.6 Å². The first-order valence-electron chi connectivity index (χ1n) is 11.9. The average molecular weight is 485 g/mol. The number of fused-ring (bicyclic) bond motifs is 1. The molecule has 0 fully saturated rings. The smallest absolute Gasteiger partial charge is 0.247 e. The summed E-state index contributed by atoms with van der Waals surface area (Å²) < 4.78 is 34.9. The summed E-state index contributed by atoms with van der Waals surface area (Å²) in [6, 6.07) is 14.7. The van der Waals surface area contributed by atoms with Crippen LogP contribution in [0.15, 0.2) is 53.4 Å². The first-order chi connectivity index (χ1) is 16.3. The lowest BCUT2D eigenvalue weighted by Gasteiger charge is -2.37. The Balaban J connectivity index is 1.97. The summed E-state index contributed by atoms with van der Waals surface area (Å²) in [5.41, 5.74) is 1.93. The topological polar surface area (TPSA) is 70.1 Å². The molecule has 7 heteroatoms. The fraction of sp³-hybridized carbons (Fsp3) is 0.481. The van der Waals surface area contributed by atoms with Crippen LogP contribution in [0.5, 0.6) is 5.75 Å². The molecule has 3 rings (SSSR count). The zero-order valence-electron chi connectivity index (χ0n) is 20.6. The lowest BCUT2D eigenvalue weighted by atomic mass is 10.0. The number of hydrogen-bond acceptors (Lipinski definition) is 5. The first-order valence-corrected chi connectivity index (χ1v) is 13.3. The molecule has 2 aromatic carbocycles. The Morgan fingerprint density at radius 2 is 1.97 bits per heavy atom. The monoisotopic (exact) mass is 484 g/mol. The highest BCUT2D eigenvalue weighted by Gasteiger charge is 2.38. The van der Waals surface area contributed by atoms with Crippen LogP contribution in [0, 0.1) is 17.8 Å². The SMILES string of the molecule is CCCC#Cc1ccc2c(c1)O[C@@H](CN(C)Cc1ccccc1)[C@@H](C)CN([C@H](C)CO)S2(=O)=O. The number of hydrogen-bond donors (Lipinski definition) is 1. The molecule has 0 bridgehead atoms. The van der Waals surface area contributed by atoms with E-state index in [0.717, 1.165) is 24.9 Å². The Bertz CT molecular complexity index is 1110. The minimum atomic E-state index is -3.84. The van der Waals surface area contributed by atoms with E-state index in [2.05, 4.69) is 35.8 Å². The van der Waals surface area contributed by atoms with E-state index in [1.807, 2.05) is 32.2 Å². The van der Waals surface area contributed by atoms with Gasteiger partial charge in [-0.05, 0) is 44.2 Å². The maximum Gasteiger partial charge on any atom is 0.247 e. The Hall–Kier alpha value is -2.37. The van der Waals surface area contributed by atoms with Crippen LogP contribution in [0.2, 0.25) is 0 Å². The number of aliphatic hydroxyl groups is 1. The van der Waals surface area contributed by atoms with Crippen LogP contribution in [0.1, 0.15) is 44.7 Å². The van der Waals surface area contributed by atoms with E-state index >= 15 is 0 Å². The van der Waals surface area contributed by atoms with E-state index in [-0.39, 0.29) is 30.1 Å². The van der Waals surface area contributed by atoms with E-state index < -0.39 is 16.1 Å². The number of benzene rings is 2. The molecule has 0 saturated heterocycles. The van der Waals surface area contributed by atoms with Crippen molar-refractivity contribution in [2.75, 3.05) is 26.7 Å².